The van der Waals surface area contributed by atoms with Gasteiger partial charge in [-0.2, -0.15) is 0 Å². The number of methoxy groups -OCH3 is 2. The minimum Gasteiger partial charge on any atom is -0.385 e. The summed E-state index contributed by atoms with van der Waals surface area (Å²) in [5.41, 5.74) is -0.0479. The summed E-state index contributed by atoms with van der Waals surface area (Å²) >= 11 is 0. The molecule has 1 saturated carbocycles. The van der Waals surface area contributed by atoms with Crippen LogP contribution in [-0.4, -0.2) is 48.7 Å². The van der Waals surface area contributed by atoms with Crippen molar-refractivity contribution in [3.8, 4) is 0 Å². The standard InChI is InChI=1S/C17H30O5/c1-11-7-6-9-16(2,3)12(11)8-10-17(19)13(18)14(20-4)22-15(17)21-5/h12-15,18-19H,1,6-10H2,2-5H3. The molecule has 0 aromatic rings. The molecule has 1 aliphatic heterocycles. The number of hydrogen-bond acceptors (Lipinski definition) is 5. The van der Waals surface area contributed by atoms with Crippen molar-refractivity contribution in [2.45, 2.75) is 70.2 Å². The van der Waals surface area contributed by atoms with Crippen molar-refractivity contribution in [3.05, 3.63) is 12.2 Å². The average molecular weight is 314 g/mol. The fraction of sp³-hybridized carbons (Fsp3) is 0.882. The van der Waals surface area contributed by atoms with Gasteiger partial charge >= 0.3 is 0 Å². The van der Waals surface area contributed by atoms with Crippen molar-refractivity contribution in [3.63, 3.8) is 0 Å². The van der Waals surface area contributed by atoms with Gasteiger partial charge in [-0.1, -0.05) is 26.0 Å². The SMILES string of the molecule is C=C1CCCC(C)(C)C1CCC1(O)C(OC)OC(OC)C1O. The van der Waals surface area contributed by atoms with Gasteiger partial charge in [-0.25, -0.2) is 0 Å². The van der Waals surface area contributed by atoms with E-state index in [1.54, 1.807) is 0 Å². The highest BCUT2D eigenvalue weighted by atomic mass is 16.8. The Labute approximate surface area is 133 Å². The van der Waals surface area contributed by atoms with Crippen LogP contribution >= 0.6 is 0 Å². The highest BCUT2D eigenvalue weighted by molar-refractivity contribution is 5.10. The van der Waals surface area contributed by atoms with Gasteiger partial charge in [-0.05, 0) is 43.4 Å². The summed E-state index contributed by atoms with van der Waals surface area (Å²) in [6, 6.07) is 0. The Morgan fingerprint density at radius 3 is 2.55 bits per heavy atom. The van der Waals surface area contributed by atoms with Crippen LogP contribution in [0.4, 0.5) is 0 Å². The van der Waals surface area contributed by atoms with E-state index in [1.165, 1.54) is 26.2 Å². The average Bonchev–Trinajstić information content (AvgIpc) is 2.70. The van der Waals surface area contributed by atoms with Gasteiger partial charge in [0.1, 0.15) is 11.7 Å². The number of aliphatic hydroxyl groups is 2. The number of ether oxygens (including phenoxy) is 3. The van der Waals surface area contributed by atoms with E-state index in [0.717, 1.165) is 19.3 Å². The molecule has 1 saturated heterocycles. The first kappa shape index (κ1) is 17.9. The first-order valence-corrected chi connectivity index (χ1v) is 8.05. The molecule has 0 amide bonds. The third kappa shape index (κ3) is 3.10. The summed E-state index contributed by atoms with van der Waals surface area (Å²) in [5, 5.41) is 21.2. The van der Waals surface area contributed by atoms with E-state index in [1.807, 2.05) is 0 Å². The molecule has 5 unspecified atom stereocenters. The molecule has 1 aliphatic carbocycles. The Balaban J connectivity index is 2.09. The molecule has 5 heteroatoms. The van der Waals surface area contributed by atoms with Gasteiger partial charge in [-0.15, -0.1) is 0 Å². The maximum absolute atomic E-state index is 10.9. The highest BCUT2D eigenvalue weighted by Crippen LogP contribution is 2.47. The molecule has 0 bridgehead atoms. The fourth-order valence-electron chi connectivity index (χ4n) is 4.04. The lowest BCUT2D eigenvalue weighted by Crippen LogP contribution is -2.49. The van der Waals surface area contributed by atoms with Crippen LogP contribution in [0.3, 0.4) is 0 Å². The van der Waals surface area contributed by atoms with Gasteiger partial charge in [0, 0.05) is 14.2 Å². The molecule has 0 spiro atoms. The van der Waals surface area contributed by atoms with E-state index in [2.05, 4.69) is 20.4 Å². The zero-order valence-corrected chi connectivity index (χ0v) is 14.2. The summed E-state index contributed by atoms with van der Waals surface area (Å²) in [5.74, 6) is 0.330. The topological polar surface area (TPSA) is 68.2 Å². The highest BCUT2D eigenvalue weighted by Gasteiger charge is 2.56. The zero-order valence-electron chi connectivity index (χ0n) is 14.2. The van der Waals surface area contributed by atoms with Gasteiger partial charge < -0.3 is 24.4 Å². The van der Waals surface area contributed by atoms with Gasteiger partial charge in [0.25, 0.3) is 0 Å². The molecule has 2 aliphatic rings. The predicted molar refractivity (Wildman–Crippen MR) is 83.1 cm³/mol. The lowest BCUT2D eigenvalue weighted by molar-refractivity contribution is -0.220. The van der Waals surface area contributed by atoms with Crippen LogP contribution in [0.1, 0.15) is 46.0 Å². The van der Waals surface area contributed by atoms with Crippen LogP contribution in [0, 0.1) is 11.3 Å². The van der Waals surface area contributed by atoms with Crippen molar-refractivity contribution < 1.29 is 24.4 Å². The Morgan fingerprint density at radius 2 is 2.00 bits per heavy atom. The van der Waals surface area contributed by atoms with Crippen molar-refractivity contribution in [1.29, 1.82) is 0 Å². The Kier molecular flexibility index (Phi) is 5.34. The van der Waals surface area contributed by atoms with E-state index in [9.17, 15) is 10.2 Å². The molecular formula is C17H30O5. The van der Waals surface area contributed by atoms with E-state index < -0.39 is 24.3 Å². The van der Waals surface area contributed by atoms with Gasteiger partial charge in [-0.3, -0.25) is 0 Å². The van der Waals surface area contributed by atoms with E-state index in [0.29, 0.717) is 12.3 Å². The monoisotopic (exact) mass is 314 g/mol. The second-order valence-corrected chi connectivity index (χ2v) is 7.34. The largest absolute Gasteiger partial charge is 0.385 e. The number of rotatable bonds is 5. The number of allylic oxidation sites excluding steroid dienone is 1. The summed E-state index contributed by atoms with van der Waals surface area (Å²) in [7, 11) is 2.91. The van der Waals surface area contributed by atoms with Gasteiger partial charge in [0.2, 0.25) is 0 Å². The molecule has 0 aromatic carbocycles. The van der Waals surface area contributed by atoms with Crippen molar-refractivity contribution >= 4 is 0 Å². The van der Waals surface area contributed by atoms with Gasteiger partial charge in [0.15, 0.2) is 12.6 Å². The van der Waals surface area contributed by atoms with Crippen LogP contribution in [0.5, 0.6) is 0 Å². The maximum atomic E-state index is 10.9. The molecule has 2 N–H and O–H groups in total. The van der Waals surface area contributed by atoms with Crippen molar-refractivity contribution in [1.82, 2.24) is 0 Å². The summed E-state index contributed by atoms with van der Waals surface area (Å²) in [6.45, 7) is 8.72. The lowest BCUT2D eigenvalue weighted by Gasteiger charge is -2.42. The van der Waals surface area contributed by atoms with Crippen LogP contribution < -0.4 is 0 Å². The molecule has 5 atom stereocenters. The zero-order chi connectivity index (χ0) is 16.5. The summed E-state index contributed by atoms with van der Waals surface area (Å²) < 4.78 is 15.7. The number of hydrogen-bond donors (Lipinski definition) is 2. The third-order valence-electron chi connectivity index (χ3n) is 5.47. The van der Waals surface area contributed by atoms with E-state index in [-0.39, 0.29) is 5.41 Å². The van der Waals surface area contributed by atoms with Gasteiger partial charge in [0.05, 0.1) is 0 Å². The van der Waals surface area contributed by atoms with E-state index >= 15 is 0 Å². The molecule has 0 radical (unpaired) electrons. The Hall–Kier alpha value is -0.460. The molecule has 0 aromatic heterocycles. The Morgan fingerprint density at radius 1 is 1.32 bits per heavy atom. The van der Waals surface area contributed by atoms with Crippen LogP contribution in [0.15, 0.2) is 12.2 Å². The minimum absolute atomic E-state index is 0.166. The summed E-state index contributed by atoms with van der Waals surface area (Å²) in [6.07, 6.45) is 1.64. The summed E-state index contributed by atoms with van der Waals surface area (Å²) in [4.78, 5) is 0. The minimum atomic E-state index is -1.46. The third-order valence-corrected chi connectivity index (χ3v) is 5.47. The first-order chi connectivity index (χ1) is 10.3. The van der Waals surface area contributed by atoms with Crippen LogP contribution in [-0.2, 0) is 14.2 Å². The van der Waals surface area contributed by atoms with E-state index in [4.69, 9.17) is 14.2 Å². The molecule has 1 heterocycles. The smallest absolute Gasteiger partial charge is 0.191 e. The second kappa shape index (κ2) is 6.57. The van der Waals surface area contributed by atoms with Crippen molar-refractivity contribution in [2.24, 2.45) is 11.3 Å². The predicted octanol–water partition coefficient (Wildman–Crippen LogP) is 2.22. The molecule has 2 rings (SSSR count). The molecule has 22 heavy (non-hydrogen) atoms. The molecular weight excluding hydrogens is 284 g/mol. The van der Waals surface area contributed by atoms with Crippen molar-refractivity contribution in [2.75, 3.05) is 14.2 Å². The lowest BCUT2D eigenvalue weighted by atomic mass is 9.64. The normalized spacial score (nSPS) is 41.8. The first-order valence-electron chi connectivity index (χ1n) is 8.05. The maximum Gasteiger partial charge on any atom is 0.191 e. The molecule has 2 fully saturated rings. The number of aliphatic hydroxyl groups excluding tert-OH is 1. The van der Waals surface area contributed by atoms with Crippen LogP contribution in [0.2, 0.25) is 0 Å². The quantitative estimate of drug-likeness (QED) is 0.762. The Bertz CT molecular complexity index is 404. The fourth-order valence-corrected chi connectivity index (χ4v) is 4.04. The second-order valence-electron chi connectivity index (χ2n) is 7.34. The van der Waals surface area contributed by atoms with Crippen LogP contribution in [0.25, 0.3) is 0 Å². The molecule has 5 nitrogen and oxygen atoms in total. The molecule has 128 valence electrons.